The number of nitrogens with one attached hydrogen (secondary N) is 2. The zero-order chi connectivity index (χ0) is 26.3. The Labute approximate surface area is 212 Å². The molecule has 1 atom stereocenters. The van der Waals surface area contributed by atoms with E-state index in [9.17, 15) is 9.59 Å². The molecular formula is C28H36N4O4. The lowest BCUT2D eigenvalue weighted by Crippen LogP contribution is -2.26. The van der Waals surface area contributed by atoms with E-state index in [-0.39, 0.29) is 36.3 Å². The van der Waals surface area contributed by atoms with E-state index in [4.69, 9.17) is 9.26 Å². The van der Waals surface area contributed by atoms with Gasteiger partial charge in [-0.25, -0.2) is 0 Å². The Morgan fingerprint density at radius 1 is 1.03 bits per heavy atom. The van der Waals surface area contributed by atoms with Crippen LogP contribution in [0.2, 0.25) is 0 Å². The van der Waals surface area contributed by atoms with Crippen LogP contribution in [-0.2, 0) is 14.9 Å². The van der Waals surface area contributed by atoms with Gasteiger partial charge in [-0.1, -0.05) is 64.0 Å². The molecule has 2 N–H and O–H groups in total. The van der Waals surface area contributed by atoms with Crippen LogP contribution in [-0.4, -0.2) is 35.2 Å². The van der Waals surface area contributed by atoms with Crippen molar-refractivity contribution in [2.75, 3.05) is 18.5 Å². The lowest BCUT2D eigenvalue weighted by Gasteiger charge is -2.24. The van der Waals surface area contributed by atoms with Gasteiger partial charge < -0.3 is 19.9 Å². The molecule has 8 heteroatoms. The molecule has 0 bridgehead atoms. The fourth-order valence-electron chi connectivity index (χ4n) is 3.63. The summed E-state index contributed by atoms with van der Waals surface area (Å²) >= 11 is 0. The predicted octanol–water partition coefficient (Wildman–Crippen LogP) is 5.53. The number of amides is 1. The number of hydrogen-bond donors (Lipinski definition) is 2. The third kappa shape index (κ3) is 7.16. The van der Waals surface area contributed by atoms with Gasteiger partial charge in [-0.2, -0.15) is 4.98 Å². The van der Waals surface area contributed by atoms with Crippen LogP contribution >= 0.6 is 0 Å². The van der Waals surface area contributed by atoms with Gasteiger partial charge in [0.25, 0.3) is 5.91 Å². The summed E-state index contributed by atoms with van der Waals surface area (Å²) in [5, 5.41) is 10.4. The zero-order valence-electron chi connectivity index (χ0n) is 21.9. The Balaban J connectivity index is 1.64. The van der Waals surface area contributed by atoms with E-state index in [1.807, 2.05) is 45.0 Å². The van der Waals surface area contributed by atoms with Crippen molar-refractivity contribution in [3.63, 3.8) is 0 Å². The quantitative estimate of drug-likeness (QED) is 0.359. The van der Waals surface area contributed by atoms with Gasteiger partial charge in [0.1, 0.15) is 0 Å². The first-order chi connectivity index (χ1) is 17.1. The number of benzene rings is 2. The molecule has 1 amide bonds. The summed E-state index contributed by atoms with van der Waals surface area (Å²) in [6.45, 7) is 12.8. The van der Waals surface area contributed by atoms with Crippen molar-refractivity contribution in [3.05, 3.63) is 65.5 Å². The summed E-state index contributed by atoms with van der Waals surface area (Å²) < 4.78 is 10.3. The third-order valence-corrected chi connectivity index (χ3v) is 5.65. The summed E-state index contributed by atoms with van der Waals surface area (Å²) in [7, 11) is 0. The van der Waals surface area contributed by atoms with Crippen molar-refractivity contribution >= 4 is 17.6 Å². The van der Waals surface area contributed by atoms with E-state index in [2.05, 4.69) is 46.8 Å². The van der Waals surface area contributed by atoms with Crippen LogP contribution < -0.4 is 10.6 Å². The first kappa shape index (κ1) is 26.9. The molecular weight excluding hydrogens is 456 g/mol. The van der Waals surface area contributed by atoms with Gasteiger partial charge in [0, 0.05) is 28.8 Å². The van der Waals surface area contributed by atoms with Crippen LogP contribution in [0.1, 0.15) is 75.8 Å². The molecule has 3 rings (SSSR count). The van der Waals surface area contributed by atoms with Gasteiger partial charge in [-0.15, -0.1) is 0 Å². The summed E-state index contributed by atoms with van der Waals surface area (Å²) in [5.41, 5.74) is 3.28. The summed E-state index contributed by atoms with van der Waals surface area (Å²) in [6, 6.07) is 15.5. The van der Waals surface area contributed by atoms with Crippen molar-refractivity contribution in [1.29, 1.82) is 0 Å². The molecule has 0 saturated heterocycles. The molecule has 3 aromatic rings. The molecule has 8 nitrogen and oxygen atoms in total. The van der Waals surface area contributed by atoms with Crippen molar-refractivity contribution in [2.24, 2.45) is 5.92 Å². The highest BCUT2D eigenvalue weighted by Crippen LogP contribution is 2.29. The highest BCUT2D eigenvalue weighted by atomic mass is 16.5. The number of anilines is 1. The standard InChI is InChI=1S/C28H36N4O4/c1-7-35-23(33)16-17-29-26(34)21-12-14-22(15-13-21)30-24(18(2)3)19-8-10-20(11-9-19)25-31-27(36-32-25)28(4,5)6/h8-15,18,24,30H,7,16-17H2,1-6H3,(H,29,34). The summed E-state index contributed by atoms with van der Waals surface area (Å²) in [6.07, 6.45) is 0.151. The Kier molecular flexibility index (Phi) is 8.85. The molecule has 0 aliphatic rings. The van der Waals surface area contributed by atoms with Gasteiger partial charge in [-0.3, -0.25) is 9.59 Å². The average molecular weight is 493 g/mol. The molecule has 0 radical (unpaired) electrons. The van der Waals surface area contributed by atoms with E-state index in [1.54, 1.807) is 19.1 Å². The minimum Gasteiger partial charge on any atom is -0.466 e. The first-order valence-corrected chi connectivity index (χ1v) is 12.3. The van der Waals surface area contributed by atoms with Gasteiger partial charge in [0.15, 0.2) is 0 Å². The van der Waals surface area contributed by atoms with E-state index in [0.717, 1.165) is 16.8 Å². The number of ether oxygens (including phenoxy) is 1. The Morgan fingerprint density at radius 2 is 1.69 bits per heavy atom. The molecule has 2 aromatic carbocycles. The van der Waals surface area contributed by atoms with E-state index < -0.39 is 0 Å². The van der Waals surface area contributed by atoms with Crippen LogP contribution in [0, 0.1) is 5.92 Å². The van der Waals surface area contributed by atoms with Crippen LogP contribution in [0.3, 0.4) is 0 Å². The van der Waals surface area contributed by atoms with Crippen LogP contribution in [0.25, 0.3) is 11.4 Å². The van der Waals surface area contributed by atoms with Gasteiger partial charge in [-0.05, 0) is 42.7 Å². The topological polar surface area (TPSA) is 106 Å². The second kappa shape index (κ2) is 11.8. The van der Waals surface area contributed by atoms with E-state index in [0.29, 0.717) is 29.8 Å². The van der Waals surface area contributed by atoms with E-state index >= 15 is 0 Å². The fourth-order valence-corrected chi connectivity index (χ4v) is 3.63. The second-order valence-corrected chi connectivity index (χ2v) is 10.0. The second-order valence-electron chi connectivity index (χ2n) is 10.0. The lowest BCUT2D eigenvalue weighted by molar-refractivity contribution is -0.142. The van der Waals surface area contributed by atoms with Crippen LogP contribution in [0.5, 0.6) is 0 Å². The van der Waals surface area contributed by atoms with Crippen molar-refractivity contribution in [3.8, 4) is 11.4 Å². The lowest BCUT2D eigenvalue weighted by atomic mass is 9.94. The number of rotatable bonds is 10. The first-order valence-electron chi connectivity index (χ1n) is 12.3. The highest BCUT2D eigenvalue weighted by molar-refractivity contribution is 5.94. The molecule has 0 fully saturated rings. The maximum absolute atomic E-state index is 12.4. The van der Waals surface area contributed by atoms with Gasteiger partial charge in [0.05, 0.1) is 19.1 Å². The van der Waals surface area contributed by atoms with Crippen molar-refractivity contribution in [2.45, 2.75) is 59.4 Å². The average Bonchev–Trinajstić information content (AvgIpc) is 3.34. The Bertz CT molecular complexity index is 1150. The van der Waals surface area contributed by atoms with Crippen LogP contribution in [0.4, 0.5) is 5.69 Å². The molecule has 0 spiro atoms. The minimum absolute atomic E-state index is 0.0682. The molecule has 36 heavy (non-hydrogen) atoms. The summed E-state index contributed by atoms with van der Waals surface area (Å²) in [4.78, 5) is 28.3. The molecule has 192 valence electrons. The van der Waals surface area contributed by atoms with Gasteiger partial charge >= 0.3 is 5.97 Å². The van der Waals surface area contributed by atoms with Gasteiger partial charge in [0.2, 0.25) is 11.7 Å². The van der Waals surface area contributed by atoms with Crippen molar-refractivity contribution in [1.82, 2.24) is 15.5 Å². The number of hydrogen-bond acceptors (Lipinski definition) is 7. The van der Waals surface area contributed by atoms with E-state index in [1.165, 1.54) is 0 Å². The number of nitrogens with zero attached hydrogens (tertiary/aromatic N) is 2. The number of esters is 1. The fraction of sp³-hybridized carbons (Fsp3) is 0.429. The zero-order valence-corrected chi connectivity index (χ0v) is 21.9. The molecule has 0 aliphatic heterocycles. The number of aromatic nitrogens is 2. The SMILES string of the molecule is CCOC(=O)CCNC(=O)c1ccc(NC(c2ccc(-c3noc(C(C)(C)C)n3)cc2)C(C)C)cc1. The number of carbonyl (C=O) groups is 2. The predicted molar refractivity (Wildman–Crippen MR) is 140 cm³/mol. The molecule has 0 aliphatic carbocycles. The molecule has 1 unspecified atom stereocenters. The Hall–Kier alpha value is -3.68. The molecule has 0 saturated carbocycles. The number of carbonyl (C=O) groups excluding carboxylic acids is 2. The monoisotopic (exact) mass is 492 g/mol. The summed E-state index contributed by atoms with van der Waals surface area (Å²) in [5.74, 6) is 0.963. The molecule has 1 aromatic heterocycles. The minimum atomic E-state index is -0.322. The highest BCUT2D eigenvalue weighted by Gasteiger charge is 2.22. The maximum atomic E-state index is 12.4. The normalized spacial score (nSPS) is 12.3. The smallest absolute Gasteiger partial charge is 0.307 e. The van der Waals surface area contributed by atoms with Crippen LogP contribution in [0.15, 0.2) is 53.1 Å². The van der Waals surface area contributed by atoms with Crippen molar-refractivity contribution < 1.29 is 18.8 Å². The molecule has 1 heterocycles. The Morgan fingerprint density at radius 3 is 2.25 bits per heavy atom. The third-order valence-electron chi connectivity index (χ3n) is 5.65. The largest absolute Gasteiger partial charge is 0.466 e. The maximum Gasteiger partial charge on any atom is 0.307 e.